The molecule has 112 valence electrons. The lowest BCUT2D eigenvalue weighted by atomic mass is 9.99. The van der Waals surface area contributed by atoms with Crippen molar-refractivity contribution < 1.29 is 9.13 Å². The molecule has 1 aliphatic rings. The maximum Gasteiger partial charge on any atom is 0.126 e. The monoisotopic (exact) mass is 288 g/mol. The smallest absolute Gasteiger partial charge is 0.126 e. The minimum Gasteiger partial charge on any atom is -0.381 e. The standard InChI is InChI=1S/C17H21FN2O/c1-12-9-17(19-7-6-13-3-2-8-21-11-13)20-16-10-14(18)4-5-15(12)16/h4-5,9-10,13H,2-3,6-8,11H2,1H3,(H,19,20)/t13-/m0/s1. The lowest BCUT2D eigenvalue weighted by Crippen LogP contribution is -2.20. The fourth-order valence-electron chi connectivity index (χ4n) is 2.91. The van der Waals surface area contributed by atoms with E-state index in [1.54, 1.807) is 6.07 Å². The van der Waals surface area contributed by atoms with E-state index in [0.717, 1.165) is 49.4 Å². The van der Waals surface area contributed by atoms with Crippen LogP contribution in [0.1, 0.15) is 24.8 Å². The van der Waals surface area contributed by atoms with E-state index in [1.807, 2.05) is 13.0 Å². The molecule has 0 amide bonds. The van der Waals surface area contributed by atoms with E-state index in [0.29, 0.717) is 11.4 Å². The minimum atomic E-state index is -0.245. The van der Waals surface area contributed by atoms with E-state index in [2.05, 4.69) is 10.3 Å². The predicted octanol–water partition coefficient (Wildman–Crippen LogP) is 3.91. The summed E-state index contributed by atoms with van der Waals surface area (Å²) in [5.74, 6) is 1.22. The Bertz CT molecular complexity index is 623. The second-order valence-electron chi connectivity index (χ2n) is 5.78. The zero-order chi connectivity index (χ0) is 14.7. The summed E-state index contributed by atoms with van der Waals surface area (Å²) in [6.45, 7) is 4.68. The fourth-order valence-corrected chi connectivity index (χ4v) is 2.91. The highest BCUT2D eigenvalue weighted by Gasteiger charge is 2.13. The van der Waals surface area contributed by atoms with Crippen molar-refractivity contribution in [2.75, 3.05) is 25.1 Å². The van der Waals surface area contributed by atoms with Crippen LogP contribution in [-0.2, 0) is 4.74 Å². The maximum atomic E-state index is 13.3. The number of anilines is 1. The van der Waals surface area contributed by atoms with E-state index in [-0.39, 0.29) is 5.82 Å². The number of benzene rings is 1. The highest BCUT2D eigenvalue weighted by atomic mass is 19.1. The number of nitrogens with one attached hydrogen (secondary N) is 1. The fraction of sp³-hybridized carbons (Fsp3) is 0.471. The first kappa shape index (κ1) is 14.3. The number of aryl methyl sites for hydroxylation is 1. The zero-order valence-electron chi connectivity index (χ0n) is 12.4. The number of hydrogen-bond acceptors (Lipinski definition) is 3. The Morgan fingerprint density at radius 3 is 3.10 bits per heavy atom. The van der Waals surface area contributed by atoms with Gasteiger partial charge in [-0.1, -0.05) is 0 Å². The van der Waals surface area contributed by atoms with Crippen molar-refractivity contribution in [1.82, 2.24) is 4.98 Å². The molecule has 0 saturated carbocycles. The van der Waals surface area contributed by atoms with Gasteiger partial charge in [0.15, 0.2) is 0 Å². The van der Waals surface area contributed by atoms with Crippen LogP contribution in [0.3, 0.4) is 0 Å². The lowest BCUT2D eigenvalue weighted by molar-refractivity contribution is 0.0530. The lowest BCUT2D eigenvalue weighted by Gasteiger charge is -2.22. The Balaban J connectivity index is 1.66. The number of pyridine rings is 1. The first-order valence-corrected chi connectivity index (χ1v) is 7.61. The molecule has 2 heterocycles. The summed E-state index contributed by atoms with van der Waals surface area (Å²) in [6, 6.07) is 6.78. The second kappa shape index (κ2) is 6.39. The average molecular weight is 288 g/mol. The third kappa shape index (κ3) is 3.50. The summed E-state index contributed by atoms with van der Waals surface area (Å²) in [7, 11) is 0. The minimum absolute atomic E-state index is 0.245. The molecule has 2 aromatic rings. The van der Waals surface area contributed by atoms with Gasteiger partial charge in [-0.05, 0) is 55.9 Å². The van der Waals surface area contributed by atoms with E-state index < -0.39 is 0 Å². The van der Waals surface area contributed by atoms with Gasteiger partial charge in [0.05, 0.1) is 5.52 Å². The van der Waals surface area contributed by atoms with Crippen LogP contribution in [0.5, 0.6) is 0 Å². The highest BCUT2D eigenvalue weighted by molar-refractivity contribution is 5.83. The molecule has 0 unspecified atom stereocenters. The normalized spacial score (nSPS) is 18.9. The number of nitrogens with zero attached hydrogens (tertiary/aromatic N) is 1. The number of halogens is 1. The number of ether oxygens (including phenoxy) is 1. The molecule has 21 heavy (non-hydrogen) atoms. The summed E-state index contributed by atoms with van der Waals surface area (Å²) in [5, 5.41) is 4.36. The van der Waals surface area contributed by atoms with Crippen molar-refractivity contribution in [3.05, 3.63) is 35.6 Å². The van der Waals surface area contributed by atoms with Crippen molar-refractivity contribution in [1.29, 1.82) is 0 Å². The Kier molecular flexibility index (Phi) is 4.34. The molecule has 0 aliphatic carbocycles. The van der Waals surface area contributed by atoms with Crippen molar-refractivity contribution in [2.45, 2.75) is 26.2 Å². The Hall–Kier alpha value is -1.68. The van der Waals surface area contributed by atoms with E-state index in [1.165, 1.54) is 18.6 Å². The van der Waals surface area contributed by atoms with Crippen molar-refractivity contribution >= 4 is 16.7 Å². The Morgan fingerprint density at radius 1 is 1.38 bits per heavy atom. The van der Waals surface area contributed by atoms with Gasteiger partial charge in [0.2, 0.25) is 0 Å². The molecule has 1 atom stereocenters. The molecule has 1 aromatic heterocycles. The molecule has 0 bridgehead atoms. The molecule has 1 saturated heterocycles. The molecule has 0 spiro atoms. The Labute approximate surface area is 124 Å². The second-order valence-corrected chi connectivity index (χ2v) is 5.78. The number of aromatic nitrogens is 1. The van der Waals surface area contributed by atoms with Gasteiger partial charge in [-0.2, -0.15) is 0 Å². The topological polar surface area (TPSA) is 34.1 Å². The van der Waals surface area contributed by atoms with Crippen LogP contribution < -0.4 is 5.32 Å². The molecule has 4 heteroatoms. The van der Waals surface area contributed by atoms with E-state index in [4.69, 9.17) is 4.74 Å². The predicted molar refractivity (Wildman–Crippen MR) is 83.1 cm³/mol. The average Bonchev–Trinajstić information content (AvgIpc) is 2.48. The van der Waals surface area contributed by atoms with Crippen molar-refractivity contribution in [3.8, 4) is 0 Å². The Morgan fingerprint density at radius 2 is 2.29 bits per heavy atom. The molecule has 0 radical (unpaired) electrons. The van der Waals surface area contributed by atoms with Crippen LogP contribution in [0.25, 0.3) is 10.9 Å². The zero-order valence-corrected chi connectivity index (χ0v) is 12.4. The van der Waals surface area contributed by atoms with Gasteiger partial charge in [0.25, 0.3) is 0 Å². The van der Waals surface area contributed by atoms with Crippen LogP contribution in [0.4, 0.5) is 10.2 Å². The van der Waals surface area contributed by atoms with Gasteiger partial charge in [-0.25, -0.2) is 9.37 Å². The molecule has 1 aliphatic heterocycles. The molecule has 1 N–H and O–H groups in total. The van der Waals surface area contributed by atoms with Gasteiger partial charge in [0.1, 0.15) is 11.6 Å². The first-order chi connectivity index (χ1) is 10.2. The van der Waals surface area contributed by atoms with Crippen LogP contribution >= 0.6 is 0 Å². The molecular weight excluding hydrogens is 267 g/mol. The summed E-state index contributed by atoms with van der Waals surface area (Å²) in [5.41, 5.74) is 1.82. The summed E-state index contributed by atoms with van der Waals surface area (Å²) >= 11 is 0. The van der Waals surface area contributed by atoms with Crippen LogP contribution in [0.2, 0.25) is 0 Å². The van der Waals surface area contributed by atoms with Crippen LogP contribution in [0.15, 0.2) is 24.3 Å². The van der Waals surface area contributed by atoms with E-state index >= 15 is 0 Å². The highest BCUT2D eigenvalue weighted by Crippen LogP contribution is 2.22. The quantitative estimate of drug-likeness (QED) is 0.926. The summed E-state index contributed by atoms with van der Waals surface area (Å²) in [6.07, 6.45) is 3.50. The molecule has 3 rings (SSSR count). The van der Waals surface area contributed by atoms with Crippen LogP contribution in [-0.4, -0.2) is 24.7 Å². The van der Waals surface area contributed by atoms with Gasteiger partial charge < -0.3 is 10.1 Å². The number of hydrogen-bond donors (Lipinski definition) is 1. The van der Waals surface area contributed by atoms with Gasteiger partial charge >= 0.3 is 0 Å². The van der Waals surface area contributed by atoms with Gasteiger partial charge in [-0.3, -0.25) is 0 Å². The van der Waals surface area contributed by atoms with E-state index in [9.17, 15) is 4.39 Å². The summed E-state index contributed by atoms with van der Waals surface area (Å²) < 4.78 is 18.8. The SMILES string of the molecule is Cc1cc(NCC[C@@H]2CCCOC2)nc2cc(F)ccc12. The molecule has 1 aromatic carbocycles. The summed E-state index contributed by atoms with van der Waals surface area (Å²) in [4.78, 5) is 4.50. The first-order valence-electron chi connectivity index (χ1n) is 7.61. The number of fused-ring (bicyclic) bond motifs is 1. The molecule has 3 nitrogen and oxygen atoms in total. The molecular formula is C17H21FN2O. The number of rotatable bonds is 4. The van der Waals surface area contributed by atoms with Crippen LogP contribution in [0, 0.1) is 18.7 Å². The maximum absolute atomic E-state index is 13.3. The largest absolute Gasteiger partial charge is 0.381 e. The van der Waals surface area contributed by atoms with Crippen molar-refractivity contribution in [2.24, 2.45) is 5.92 Å². The van der Waals surface area contributed by atoms with Crippen molar-refractivity contribution in [3.63, 3.8) is 0 Å². The third-order valence-corrected chi connectivity index (χ3v) is 4.09. The van der Waals surface area contributed by atoms with Gasteiger partial charge in [0, 0.05) is 31.2 Å². The molecule has 1 fully saturated rings. The van der Waals surface area contributed by atoms with Gasteiger partial charge in [-0.15, -0.1) is 0 Å². The third-order valence-electron chi connectivity index (χ3n) is 4.09.